The fourth-order valence-electron chi connectivity index (χ4n) is 4.16. The van der Waals surface area contributed by atoms with Gasteiger partial charge >= 0.3 is 5.69 Å². The van der Waals surface area contributed by atoms with Crippen molar-refractivity contribution in [2.45, 2.75) is 90.5 Å². The number of aliphatic hydroxyl groups is 2. The maximum Gasteiger partial charge on any atom is 0.329 e. The molecule has 1 unspecified atom stereocenters. The van der Waals surface area contributed by atoms with E-state index < -0.39 is 11.7 Å². The molecule has 3 rings (SSSR count). The summed E-state index contributed by atoms with van der Waals surface area (Å²) >= 11 is 0. The molecule has 0 aliphatic carbocycles. The predicted octanol–water partition coefficient (Wildman–Crippen LogP) is 3.42. The first-order chi connectivity index (χ1) is 12.5. The summed E-state index contributed by atoms with van der Waals surface area (Å²) in [6.07, 6.45) is 2.54. The Bertz CT molecular complexity index is 870. The minimum absolute atomic E-state index is 0.0941. The minimum atomic E-state index is -1.07. The van der Waals surface area contributed by atoms with Crippen LogP contribution in [0, 0.1) is 5.92 Å². The summed E-state index contributed by atoms with van der Waals surface area (Å²) in [4.78, 5) is 13.0. The first-order valence-corrected chi connectivity index (χ1v) is 10.2. The number of para-hydroxylation sites is 1. The number of aliphatic hydroxyl groups excluding tert-OH is 1. The van der Waals surface area contributed by atoms with E-state index in [2.05, 4.69) is 39.0 Å². The molecule has 0 saturated heterocycles. The van der Waals surface area contributed by atoms with Crippen LogP contribution in [0.1, 0.15) is 65.9 Å². The molecule has 5 nitrogen and oxygen atoms in total. The molecular weight excluding hydrogens is 340 g/mol. The van der Waals surface area contributed by atoms with E-state index in [1.54, 1.807) is 13.8 Å². The Morgan fingerprint density at radius 2 is 1.93 bits per heavy atom. The van der Waals surface area contributed by atoms with Crippen molar-refractivity contribution in [2.75, 3.05) is 0 Å². The first kappa shape index (κ1) is 20.2. The molecule has 2 aromatic rings. The van der Waals surface area contributed by atoms with E-state index in [4.69, 9.17) is 0 Å². The number of aryl methyl sites for hydroxylation is 2. The summed E-state index contributed by atoms with van der Waals surface area (Å²) < 4.78 is 3.86. The van der Waals surface area contributed by atoms with Crippen LogP contribution in [-0.4, -0.2) is 31.1 Å². The molecule has 2 heterocycles. The molecule has 2 N–H and O–H groups in total. The molecule has 0 amide bonds. The number of aromatic nitrogens is 2. The third-order valence-corrected chi connectivity index (χ3v) is 6.32. The van der Waals surface area contributed by atoms with Crippen LogP contribution in [0.25, 0.3) is 11.0 Å². The van der Waals surface area contributed by atoms with Crippen LogP contribution in [0.3, 0.4) is 0 Å². The van der Waals surface area contributed by atoms with E-state index in [-0.39, 0.29) is 11.1 Å². The number of nitrogens with zero attached hydrogens (tertiary/aromatic N) is 2. The van der Waals surface area contributed by atoms with E-state index in [0.717, 1.165) is 36.8 Å². The van der Waals surface area contributed by atoms with Crippen molar-refractivity contribution in [2.24, 2.45) is 5.92 Å². The highest BCUT2D eigenvalue weighted by Gasteiger charge is 2.31. The molecule has 1 aliphatic rings. The van der Waals surface area contributed by atoms with E-state index in [0.29, 0.717) is 18.9 Å². The second-order valence-corrected chi connectivity index (χ2v) is 9.53. The van der Waals surface area contributed by atoms with Crippen LogP contribution in [0.5, 0.6) is 0 Å². The molecule has 0 bridgehead atoms. The van der Waals surface area contributed by atoms with E-state index in [9.17, 15) is 15.0 Å². The van der Waals surface area contributed by atoms with Crippen LogP contribution < -0.4 is 5.69 Å². The number of benzene rings is 1. The monoisotopic (exact) mass is 374 g/mol. The highest BCUT2D eigenvalue weighted by atomic mass is 16.3. The van der Waals surface area contributed by atoms with Gasteiger partial charge in [0.2, 0.25) is 0 Å². The van der Waals surface area contributed by atoms with Gasteiger partial charge in [0.25, 0.3) is 0 Å². The van der Waals surface area contributed by atoms with Gasteiger partial charge in [-0.2, -0.15) is 0 Å². The fraction of sp³-hybridized carbons (Fsp3) is 0.682. The van der Waals surface area contributed by atoms with Crippen molar-refractivity contribution in [3.8, 4) is 0 Å². The summed E-state index contributed by atoms with van der Waals surface area (Å²) in [6, 6.07) is 6.28. The number of hydrogen-bond acceptors (Lipinski definition) is 3. The number of rotatable bonds is 7. The molecule has 0 fully saturated rings. The van der Waals surface area contributed by atoms with Gasteiger partial charge < -0.3 is 10.2 Å². The zero-order valence-electron chi connectivity index (χ0n) is 17.3. The Morgan fingerprint density at radius 1 is 1.22 bits per heavy atom. The quantitative estimate of drug-likeness (QED) is 0.780. The molecule has 150 valence electrons. The lowest BCUT2D eigenvalue weighted by Gasteiger charge is -2.30. The maximum atomic E-state index is 13.0. The van der Waals surface area contributed by atoms with Crippen molar-refractivity contribution in [1.82, 2.24) is 9.13 Å². The zero-order chi connectivity index (χ0) is 20.0. The molecule has 1 aliphatic heterocycles. The van der Waals surface area contributed by atoms with Crippen molar-refractivity contribution in [1.29, 1.82) is 0 Å². The Balaban J connectivity index is 1.77. The van der Waals surface area contributed by atoms with Crippen LogP contribution in [-0.2, 0) is 18.5 Å². The Kier molecular flexibility index (Phi) is 5.30. The van der Waals surface area contributed by atoms with E-state index >= 15 is 0 Å². The Hall–Kier alpha value is -1.59. The van der Waals surface area contributed by atoms with Crippen molar-refractivity contribution in [3.63, 3.8) is 0 Å². The van der Waals surface area contributed by atoms with Gasteiger partial charge in [-0.3, -0.25) is 9.13 Å². The molecule has 2 atom stereocenters. The SMILES string of the molecule is C[C@H](CCC(O)C(C)(C)O)CCn1c(=O)n2c3c(cccc31)C(C)(C)CC2. The Morgan fingerprint density at radius 3 is 2.59 bits per heavy atom. The highest BCUT2D eigenvalue weighted by Crippen LogP contribution is 2.37. The minimum Gasteiger partial charge on any atom is -0.390 e. The van der Waals surface area contributed by atoms with Gasteiger partial charge in [-0.25, -0.2) is 4.79 Å². The third-order valence-electron chi connectivity index (χ3n) is 6.32. The smallest absolute Gasteiger partial charge is 0.329 e. The van der Waals surface area contributed by atoms with Crippen LogP contribution in [0.2, 0.25) is 0 Å². The lowest BCUT2D eigenvalue weighted by atomic mass is 9.79. The summed E-state index contributed by atoms with van der Waals surface area (Å²) in [5, 5.41) is 19.9. The predicted molar refractivity (Wildman–Crippen MR) is 109 cm³/mol. The standard InChI is InChI=1S/C22H34N2O3/c1-15(9-10-18(25)22(4,5)27)11-13-23-17-8-6-7-16-19(17)24(20(23)26)14-12-21(16,2)3/h6-8,15,18,25,27H,9-14H2,1-5H3/t15-,18?/m1/s1. The Labute approximate surface area is 161 Å². The molecular formula is C22H34N2O3. The molecule has 27 heavy (non-hydrogen) atoms. The topological polar surface area (TPSA) is 67.4 Å². The first-order valence-electron chi connectivity index (χ1n) is 10.2. The van der Waals surface area contributed by atoms with Gasteiger partial charge in [-0.15, -0.1) is 0 Å². The summed E-state index contributed by atoms with van der Waals surface area (Å²) in [7, 11) is 0. The molecule has 0 radical (unpaired) electrons. The largest absolute Gasteiger partial charge is 0.390 e. The second-order valence-electron chi connectivity index (χ2n) is 9.53. The number of hydrogen-bond donors (Lipinski definition) is 2. The van der Waals surface area contributed by atoms with Crippen molar-refractivity contribution >= 4 is 11.0 Å². The van der Waals surface area contributed by atoms with Gasteiger partial charge in [0.1, 0.15) is 0 Å². The maximum absolute atomic E-state index is 13.0. The van der Waals surface area contributed by atoms with Gasteiger partial charge in [-0.1, -0.05) is 32.9 Å². The van der Waals surface area contributed by atoms with Crippen molar-refractivity contribution in [3.05, 3.63) is 34.2 Å². The fourth-order valence-corrected chi connectivity index (χ4v) is 4.16. The number of imidazole rings is 1. The second kappa shape index (κ2) is 7.10. The molecule has 1 aromatic heterocycles. The van der Waals surface area contributed by atoms with Gasteiger partial charge in [-0.05, 0) is 62.5 Å². The van der Waals surface area contributed by atoms with Crippen LogP contribution >= 0.6 is 0 Å². The summed E-state index contributed by atoms with van der Waals surface area (Å²) in [6.45, 7) is 11.4. The molecule has 5 heteroatoms. The van der Waals surface area contributed by atoms with Crippen LogP contribution in [0.15, 0.2) is 23.0 Å². The normalized spacial score (nSPS) is 18.6. The van der Waals surface area contributed by atoms with E-state index in [1.807, 2.05) is 9.13 Å². The molecule has 0 saturated carbocycles. The molecule has 0 spiro atoms. The highest BCUT2D eigenvalue weighted by molar-refractivity contribution is 5.81. The molecule has 1 aromatic carbocycles. The summed E-state index contributed by atoms with van der Waals surface area (Å²) in [5.41, 5.74) is 2.53. The van der Waals surface area contributed by atoms with Gasteiger partial charge in [0, 0.05) is 13.1 Å². The third kappa shape index (κ3) is 3.85. The van der Waals surface area contributed by atoms with Crippen LogP contribution in [0.4, 0.5) is 0 Å². The van der Waals surface area contributed by atoms with Crippen molar-refractivity contribution < 1.29 is 10.2 Å². The van der Waals surface area contributed by atoms with Gasteiger partial charge in [0.05, 0.1) is 22.7 Å². The van der Waals surface area contributed by atoms with E-state index in [1.165, 1.54) is 5.56 Å². The zero-order valence-corrected chi connectivity index (χ0v) is 17.3. The lowest BCUT2D eigenvalue weighted by molar-refractivity contribution is -0.0535. The average Bonchev–Trinajstić information content (AvgIpc) is 2.86. The lowest BCUT2D eigenvalue weighted by Crippen LogP contribution is -2.36. The van der Waals surface area contributed by atoms with Gasteiger partial charge in [0.15, 0.2) is 0 Å². The summed E-state index contributed by atoms with van der Waals surface area (Å²) in [5.74, 6) is 0.372. The average molecular weight is 375 g/mol.